The Balaban J connectivity index is 1.99. The van der Waals surface area contributed by atoms with Gasteiger partial charge in [-0.2, -0.15) is 0 Å². The fourth-order valence-electron chi connectivity index (χ4n) is 4.84. The zero-order valence-electron chi connectivity index (χ0n) is 15.8. The van der Waals surface area contributed by atoms with Crippen LogP contribution >= 0.6 is 0 Å². The third-order valence-electron chi connectivity index (χ3n) is 6.02. The van der Waals surface area contributed by atoms with Crippen molar-refractivity contribution in [3.63, 3.8) is 0 Å². The minimum atomic E-state index is 0.882. The Hall–Kier alpha value is -3.85. The maximum Gasteiger partial charge on any atom is 0.212 e. The summed E-state index contributed by atoms with van der Waals surface area (Å²) >= 11 is 0. The Bertz CT molecular complexity index is 1770. The van der Waals surface area contributed by atoms with E-state index in [1.807, 2.05) is 29.9 Å². The van der Waals surface area contributed by atoms with Crippen molar-refractivity contribution < 1.29 is 13.4 Å². The highest BCUT2D eigenvalue weighted by atomic mass is 16.3. The van der Waals surface area contributed by atoms with Gasteiger partial charge in [-0.3, -0.25) is 0 Å². The number of hydrogen-bond acceptors (Lipinski definition) is 2. The molecule has 0 amide bonds. The first-order chi connectivity index (χ1) is 14.3. The van der Waals surface area contributed by atoms with Crippen molar-refractivity contribution >= 4 is 65.4 Å². The van der Waals surface area contributed by atoms with E-state index in [9.17, 15) is 0 Å². The lowest BCUT2D eigenvalue weighted by Crippen LogP contribution is -2.25. The number of fused-ring (bicyclic) bond motifs is 6. The van der Waals surface area contributed by atoms with Crippen LogP contribution in [0.3, 0.4) is 0 Å². The average molecular weight is 374 g/mol. The molecule has 0 bridgehead atoms. The summed E-state index contributed by atoms with van der Waals surface area (Å²) in [6, 6.07) is 23.1. The van der Waals surface area contributed by atoms with E-state index in [2.05, 4.69) is 60.8 Å². The van der Waals surface area contributed by atoms with E-state index in [0.717, 1.165) is 33.1 Å². The fourth-order valence-corrected chi connectivity index (χ4v) is 4.84. The lowest BCUT2D eigenvalue weighted by molar-refractivity contribution is -0.670. The fraction of sp³-hybridized carbons (Fsp3) is 0.0385. The molecule has 0 aliphatic carbocycles. The maximum absolute atomic E-state index is 6.36. The summed E-state index contributed by atoms with van der Waals surface area (Å²) in [7, 11) is 2.02. The molecule has 3 heteroatoms. The highest BCUT2D eigenvalue weighted by molar-refractivity contribution is 6.39. The number of aryl methyl sites for hydroxylation is 1. The molecule has 0 radical (unpaired) electrons. The molecule has 3 heterocycles. The van der Waals surface area contributed by atoms with E-state index in [0.29, 0.717) is 0 Å². The Morgan fingerprint density at radius 2 is 1.07 bits per heavy atom. The van der Waals surface area contributed by atoms with E-state index < -0.39 is 0 Å². The Labute approximate surface area is 165 Å². The quantitative estimate of drug-likeness (QED) is 0.170. The monoisotopic (exact) mass is 374 g/mol. The van der Waals surface area contributed by atoms with Crippen LogP contribution in [0.4, 0.5) is 0 Å². The predicted molar refractivity (Wildman–Crippen MR) is 117 cm³/mol. The Morgan fingerprint density at radius 3 is 1.79 bits per heavy atom. The van der Waals surface area contributed by atoms with Crippen molar-refractivity contribution in [2.24, 2.45) is 7.05 Å². The molecular formula is C26H16NO2+. The smallest absolute Gasteiger partial charge is 0.212 e. The molecule has 0 saturated heterocycles. The van der Waals surface area contributed by atoms with Crippen LogP contribution in [-0.2, 0) is 7.05 Å². The summed E-state index contributed by atoms with van der Waals surface area (Å²) in [6.07, 6.45) is 4.13. The third kappa shape index (κ3) is 1.84. The average Bonchev–Trinajstić information content (AvgIpc) is 2.75. The summed E-state index contributed by atoms with van der Waals surface area (Å²) < 4.78 is 14.7. The van der Waals surface area contributed by atoms with Crippen molar-refractivity contribution in [3.05, 3.63) is 79.1 Å². The van der Waals surface area contributed by atoms with Crippen molar-refractivity contribution in [3.8, 4) is 0 Å². The molecule has 4 aromatic carbocycles. The molecule has 0 fully saturated rings. The van der Waals surface area contributed by atoms with Crippen LogP contribution in [0.5, 0.6) is 0 Å². The second-order valence-corrected chi connectivity index (χ2v) is 7.70. The van der Waals surface area contributed by atoms with Gasteiger partial charge in [-0.15, -0.1) is 0 Å². The normalized spacial score (nSPS) is 12.3. The van der Waals surface area contributed by atoms with Crippen molar-refractivity contribution in [2.75, 3.05) is 0 Å². The lowest BCUT2D eigenvalue weighted by atomic mass is 9.90. The summed E-state index contributed by atoms with van der Waals surface area (Å²) in [6.45, 7) is 0. The van der Waals surface area contributed by atoms with E-state index in [-0.39, 0.29) is 0 Å². The molecule has 136 valence electrons. The third-order valence-corrected chi connectivity index (χ3v) is 6.02. The van der Waals surface area contributed by atoms with Crippen LogP contribution < -0.4 is 4.57 Å². The van der Waals surface area contributed by atoms with E-state index in [4.69, 9.17) is 8.83 Å². The molecule has 3 nitrogen and oxygen atoms in total. The van der Waals surface area contributed by atoms with Gasteiger partial charge in [-0.1, -0.05) is 42.5 Å². The van der Waals surface area contributed by atoms with Gasteiger partial charge in [0.2, 0.25) is 6.20 Å². The van der Waals surface area contributed by atoms with E-state index >= 15 is 0 Å². The molecule has 29 heavy (non-hydrogen) atoms. The zero-order chi connectivity index (χ0) is 19.1. The predicted octanol–water partition coefficient (Wildman–Crippen LogP) is 6.62. The molecule has 0 atom stereocenters. The summed E-state index contributed by atoms with van der Waals surface area (Å²) in [5.74, 6) is 0. The first kappa shape index (κ1) is 15.1. The van der Waals surface area contributed by atoms with Crippen molar-refractivity contribution in [1.29, 1.82) is 0 Å². The van der Waals surface area contributed by atoms with Gasteiger partial charge in [0, 0.05) is 38.4 Å². The number of rotatable bonds is 0. The van der Waals surface area contributed by atoms with Crippen LogP contribution in [0.2, 0.25) is 0 Å². The van der Waals surface area contributed by atoms with Gasteiger partial charge < -0.3 is 8.83 Å². The number of para-hydroxylation sites is 1. The van der Waals surface area contributed by atoms with E-state index in [1.165, 1.54) is 32.3 Å². The zero-order valence-corrected chi connectivity index (χ0v) is 15.8. The minimum Gasteiger partial charge on any atom is -0.456 e. The molecule has 0 spiro atoms. The van der Waals surface area contributed by atoms with Gasteiger partial charge in [0.05, 0.1) is 0 Å². The second kappa shape index (κ2) is 5.15. The van der Waals surface area contributed by atoms with Gasteiger partial charge in [0.15, 0.2) is 11.8 Å². The van der Waals surface area contributed by atoms with Crippen LogP contribution in [-0.4, -0.2) is 0 Å². The summed E-state index contributed by atoms with van der Waals surface area (Å²) in [5.41, 5.74) is 3.60. The number of pyridine rings is 1. The maximum atomic E-state index is 6.36. The largest absolute Gasteiger partial charge is 0.456 e. The Kier molecular flexibility index (Phi) is 2.68. The molecule has 7 aromatic rings. The highest BCUT2D eigenvalue weighted by Gasteiger charge is 2.20. The van der Waals surface area contributed by atoms with Crippen LogP contribution in [0.25, 0.3) is 65.4 Å². The second-order valence-electron chi connectivity index (χ2n) is 7.70. The number of aromatic nitrogens is 1. The highest BCUT2D eigenvalue weighted by Crippen LogP contribution is 2.45. The number of nitrogens with zero attached hydrogens (tertiary/aromatic N) is 1. The molecule has 3 aromatic heterocycles. The molecule has 0 N–H and O–H groups in total. The standard InChI is InChI=1S/C26H16NO2/c1-27-13-12-18-22(14-27)29-21-11-5-8-16-15-7-4-10-20-23(15)25(26(18)24(16)21)17-6-2-3-9-19(17)28-20/h2-14H,1H3/q+1. The lowest BCUT2D eigenvalue weighted by Gasteiger charge is -2.16. The van der Waals surface area contributed by atoms with Crippen molar-refractivity contribution in [1.82, 2.24) is 0 Å². The number of benzene rings is 4. The molecule has 0 saturated carbocycles. The van der Waals surface area contributed by atoms with Crippen LogP contribution in [0.15, 0.2) is 88.0 Å². The molecular weight excluding hydrogens is 358 g/mol. The van der Waals surface area contributed by atoms with E-state index in [1.54, 1.807) is 0 Å². The van der Waals surface area contributed by atoms with Gasteiger partial charge in [-0.25, -0.2) is 4.57 Å². The van der Waals surface area contributed by atoms with Crippen LogP contribution in [0, 0.1) is 0 Å². The van der Waals surface area contributed by atoms with Gasteiger partial charge in [-0.05, 0) is 29.0 Å². The van der Waals surface area contributed by atoms with Gasteiger partial charge >= 0.3 is 0 Å². The summed E-state index contributed by atoms with van der Waals surface area (Å²) in [4.78, 5) is 0. The van der Waals surface area contributed by atoms with Gasteiger partial charge in [0.25, 0.3) is 0 Å². The first-order valence-electron chi connectivity index (χ1n) is 9.76. The molecule has 0 aliphatic rings. The van der Waals surface area contributed by atoms with Gasteiger partial charge in [0.1, 0.15) is 23.8 Å². The molecule has 0 unspecified atom stereocenters. The SMILES string of the molecule is C[n+]1ccc2c(c1)oc1cccc3c4cccc5oc6ccccc6c(c54)c2c13. The topological polar surface area (TPSA) is 30.2 Å². The molecule has 7 rings (SSSR count). The first-order valence-corrected chi connectivity index (χ1v) is 9.76. The molecule has 0 aliphatic heterocycles. The minimum absolute atomic E-state index is 0.882. The number of hydrogen-bond donors (Lipinski definition) is 0. The van der Waals surface area contributed by atoms with Crippen LogP contribution in [0.1, 0.15) is 0 Å². The Morgan fingerprint density at radius 1 is 0.517 bits per heavy atom. The summed E-state index contributed by atoms with van der Waals surface area (Å²) in [5, 5.41) is 9.45. The van der Waals surface area contributed by atoms with Crippen molar-refractivity contribution in [2.45, 2.75) is 0 Å².